The van der Waals surface area contributed by atoms with Crippen LogP contribution in [-0.2, 0) is 9.59 Å². The van der Waals surface area contributed by atoms with E-state index in [1.54, 1.807) is 24.3 Å². The number of nitrogens with zero attached hydrogens (tertiary/aromatic N) is 1. The maximum atomic E-state index is 12.7. The molecule has 112 valence electrons. The van der Waals surface area contributed by atoms with Gasteiger partial charge in [0.1, 0.15) is 5.82 Å². The number of halogens is 2. The number of amides is 2. The molecule has 7 heteroatoms. The Bertz CT molecular complexity index is 717. The summed E-state index contributed by atoms with van der Waals surface area (Å²) in [5, 5.41) is 6.29. The van der Waals surface area contributed by atoms with E-state index in [-0.39, 0.29) is 5.82 Å². The molecular formula is C15H11ClFN3O2. The Labute approximate surface area is 130 Å². The van der Waals surface area contributed by atoms with Gasteiger partial charge in [0.2, 0.25) is 0 Å². The highest BCUT2D eigenvalue weighted by Crippen LogP contribution is 2.20. The fraction of sp³-hybridized carbons (Fsp3) is 0. The lowest BCUT2D eigenvalue weighted by atomic mass is 10.2. The monoisotopic (exact) mass is 319 g/mol. The predicted octanol–water partition coefficient (Wildman–Crippen LogP) is 2.57. The summed E-state index contributed by atoms with van der Waals surface area (Å²) in [5.41, 5.74) is 2.97. The van der Waals surface area contributed by atoms with Crippen molar-refractivity contribution in [3.05, 3.63) is 64.9 Å². The van der Waals surface area contributed by atoms with Gasteiger partial charge in [-0.2, -0.15) is 5.10 Å². The number of nitrogens with one attached hydrogen (secondary N) is 2. The zero-order valence-electron chi connectivity index (χ0n) is 11.2. The second kappa shape index (κ2) is 7.33. The number of rotatable bonds is 3. The SMILES string of the molecule is O=C(NN=Cc1ccc(F)cc1)C(=O)Nc1ccccc1Cl. The van der Waals surface area contributed by atoms with Crippen LogP contribution in [0, 0.1) is 5.82 Å². The topological polar surface area (TPSA) is 70.6 Å². The average molecular weight is 320 g/mol. The Morgan fingerprint density at radius 1 is 1.05 bits per heavy atom. The molecule has 5 nitrogen and oxygen atoms in total. The molecule has 0 saturated heterocycles. The summed E-state index contributed by atoms with van der Waals surface area (Å²) in [6.07, 6.45) is 1.29. The molecule has 0 heterocycles. The predicted molar refractivity (Wildman–Crippen MR) is 82.2 cm³/mol. The van der Waals surface area contributed by atoms with E-state index < -0.39 is 11.8 Å². The largest absolute Gasteiger partial charge is 0.329 e. The number of hydrogen-bond donors (Lipinski definition) is 2. The Morgan fingerprint density at radius 3 is 2.41 bits per heavy atom. The summed E-state index contributed by atoms with van der Waals surface area (Å²) in [5.74, 6) is -2.22. The number of anilines is 1. The maximum absolute atomic E-state index is 12.7. The van der Waals surface area contributed by atoms with Gasteiger partial charge in [-0.1, -0.05) is 35.9 Å². The van der Waals surface area contributed by atoms with Crippen molar-refractivity contribution in [2.45, 2.75) is 0 Å². The first-order valence-corrected chi connectivity index (χ1v) is 6.58. The van der Waals surface area contributed by atoms with Gasteiger partial charge >= 0.3 is 11.8 Å². The van der Waals surface area contributed by atoms with Crippen LogP contribution in [0.1, 0.15) is 5.56 Å². The van der Waals surface area contributed by atoms with Gasteiger partial charge in [0, 0.05) is 0 Å². The van der Waals surface area contributed by atoms with Crippen molar-refractivity contribution in [3.63, 3.8) is 0 Å². The Balaban J connectivity index is 1.90. The lowest BCUT2D eigenvalue weighted by Crippen LogP contribution is -2.32. The minimum Gasteiger partial charge on any atom is -0.316 e. The third-order valence-electron chi connectivity index (χ3n) is 2.58. The van der Waals surface area contributed by atoms with Gasteiger partial charge in [-0.05, 0) is 29.8 Å². The molecule has 0 aromatic heterocycles. The molecule has 0 aliphatic heterocycles. The van der Waals surface area contributed by atoms with Crippen molar-refractivity contribution in [2.24, 2.45) is 5.10 Å². The Hall–Kier alpha value is -2.73. The van der Waals surface area contributed by atoms with Crippen LogP contribution >= 0.6 is 11.6 Å². The lowest BCUT2D eigenvalue weighted by Gasteiger charge is -2.05. The number of carbonyl (C=O) groups excluding carboxylic acids is 2. The fourth-order valence-corrected chi connectivity index (χ4v) is 1.69. The minimum absolute atomic E-state index is 0.318. The molecule has 0 aliphatic carbocycles. The summed E-state index contributed by atoms with van der Waals surface area (Å²) in [7, 11) is 0. The highest BCUT2D eigenvalue weighted by Gasteiger charge is 2.13. The minimum atomic E-state index is -0.946. The van der Waals surface area contributed by atoms with Gasteiger partial charge in [0.25, 0.3) is 0 Å². The molecule has 0 atom stereocenters. The smallest absolute Gasteiger partial charge is 0.316 e. The number of benzene rings is 2. The fourth-order valence-electron chi connectivity index (χ4n) is 1.51. The van der Waals surface area contributed by atoms with E-state index in [0.29, 0.717) is 16.3 Å². The number of carbonyl (C=O) groups is 2. The first-order chi connectivity index (χ1) is 10.6. The van der Waals surface area contributed by atoms with Crippen LogP contribution in [0.25, 0.3) is 0 Å². The molecule has 0 saturated carbocycles. The molecule has 2 aromatic carbocycles. The van der Waals surface area contributed by atoms with Crippen LogP contribution in [0.5, 0.6) is 0 Å². The quantitative estimate of drug-likeness (QED) is 0.518. The first-order valence-electron chi connectivity index (χ1n) is 6.21. The summed E-state index contributed by atoms with van der Waals surface area (Å²) < 4.78 is 12.7. The van der Waals surface area contributed by atoms with Gasteiger partial charge in [-0.3, -0.25) is 9.59 Å². The molecule has 0 fully saturated rings. The molecular weight excluding hydrogens is 309 g/mol. The number of para-hydroxylation sites is 1. The molecule has 2 amide bonds. The van der Waals surface area contributed by atoms with Crippen molar-refractivity contribution >= 4 is 35.3 Å². The van der Waals surface area contributed by atoms with Crippen LogP contribution in [-0.4, -0.2) is 18.0 Å². The standard InChI is InChI=1S/C15H11ClFN3O2/c16-12-3-1-2-4-13(12)19-14(21)15(22)20-18-9-10-5-7-11(17)8-6-10/h1-9H,(H,19,21)(H,20,22). The molecule has 0 unspecified atom stereocenters. The molecule has 2 aromatic rings. The van der Waals surface area contributed by atoms with Gasteiger partial charge in [0.15, 0.2) is 0 Å². The van der Waals surface area contributed by atoms with Crippen molar-refractivity contribution in [1.29, 1.82) is 0 Å². The molecule has 2 rings (SSSR count). The van der Waals surface area contributed by atoms with Gasteiger partial charge in [-0.15, -0.1) is 0 Å². The van der Waals surface area contributed by atoms with E-state index in [2.05, 4.69) is 15.8 Å². The lowest BCUT2D eigenvalue weighted by molar-refractivity contribution is -0.136. The molecule has 0 aliphatic rings. The van der Waals surface area contributed by atoms with Crippen LogP contribution in [0.2, 0.25) is 5.02 Å². The van der Waals surface area contributed by atoms with Crippen LogP contribution in [0.4, 0.5) is 10.1 Å². The molecule has 2 N–H and O–H groups in total. The van der Waals surface area contributed by atoms with Crippen molar-refractivity contribution in [3.8, 4) is 0 Å². The van der Waals surface area contributed by atoms with Gasteiger partial charge in [0.05, 0.1) is 16.9 Å². The second-order valence-electron chi connectivity index (χ2n) is 4.18. The Morgan fingerprint density at radius 2 is 1.73 bits per heavy atom. The zero-order chi connectivity index (χ0) is 15.9. The third kappa shape index (κ3) is 4.39. The third-order valence-corrected chi connectivity index (χ3v) is 2.91. The van der Waals surface area contributed by atoms with Crippen molar-refractivity contribution < 1.29 is 14.0 Å². The van der Waals surface area contributed by atoms with E-state index in [4.69, 9.17) is 11.6 Å². The van der Waals surface area contributed by atoms with Gasteiger partial charge < -0.3 is 5.32 Å². The first kappa shape index (κ1) is 15.7. The maximum Gasteiger partial charge on any atom is 0.329 e. The van der Waals surface area contributed by atoms with E-state index in [1.807, 2.05) is 0 Å². The van der Waals surface area contributed by atoms with E-state index in [1.165, 1.54) is 30.5 Å². The summed E-state index contributed by atoms with van der Waals surface area (Å²) >= 11 is 5.86. The number of hydrazone groups is 1. The van der Waals surface area contributed by atoms with Crippen molar-refractivity contribution in [2.75, 3.05) is 5.32 Å². The van der Waals surface area contributed by atoms with Crippen LogP contribution in [0.3, 0.4) is 0 Å². The molecule has 22 heavy (non-hydrogen) atoms. The highest BCUT2D eigenvalue weighted by atomic mass is 35.5. The number of hydrogen-bond acceptors (Lipinski definition) is 3. The van der Waals surface area contributed by atoms with E-state index in [0.717, 1.165) is 0 Å². The molecule has 0 bridgehead atoms. The summed E-state index contributed by atoms with van der Waals surface area (Å²) in [6.45, 7) is 0. The van der Waals surface area contributed by atoms with E-state index in [9.17, 15) is 14.0 Å². The highest BCUT2D eigenvalue weighted by molar-refractivity contribution is 6.41. The zero-order valence-corrected chi connectivity index (χ0v) is 12.0. The van der Waals surface area contributed by atoms with Crippen LogP contribution < -0.4 is 10.7 Å². The van der Waals surface area contributed by atoms with Gasteiger partial charge in [-0.25, -0.2) is 9.82 Å². The van der Waals surface area contributed by atoms with Crippen molar-refractivity contribution in [1.82, 2.24) is 5.43 Å². The normalized spacial score (nSPS) is 10.5. The molecule has 0 spiro atoms. The molecule has 0 radical (unpaired) electrons. The Kier molecular flexibility index (Phi) is 5.21. The van der Waals surface area contributed by atoms with Crippen LogP contribution in [0.15, 0.2) is 53.6 Å². The van der Waals surface area contributed by atoms with E-state index >= 15 is 0 Å². The average Bonchev–Trinajstić information content (AvgIpc) is 2.51. The summed E-state index contributed by atoms with van der Waals surface area (Å²) in [4.78, 5) is 23.2. The second-order valence-corrected chi connectivity index (χ2v) is 4.59. The summed E-state index contributed by atoms with van der Waals surface area (Å²) in [6, 6.07) is 12.0.